The fraction of sp³-hybridized carbons (Fsp3) is 0.455. The van der Waals surface area contributed by atoms with Crippen LogP contribution in [0.15, 0.2) is 12.3 Å². The van der Waals surface area contributed by atoms with E-state index in [1.54, 1.807) is 29.7 Å². The molecule has 0 aliphatic heterocycles. The minimum Gasteiger partial charge on any atom is -0.351 e. The zero-order chi connectivity index (χ0) is 12.0. The van der Waals surface area contributed by atoms with Crippen LogP contribution in [0.5, 0.6) is 0 Å². The highest BCUT2D eigenvalue weighted by molar-refractivity contribution is 7.12. The van der Waals surface area contributed by atoms with Crippen molar-refractivity contribution in [2.45, 2.75) is 6.92 Å². The van der Waals surface area contributed by atoms with Gasteiger partial charge in [0, 0.05) is 30.2 Å². The first-order valence-corrected chi connectivity index (χ1v) is 5.92. The Hall–Kier alpha value is -1.20. The predicted octanol–water partition coefficient (Wildman–Crippen LogP) is 1.14. The van der Waals surface area contributed by atoms with Gasteiger partial charge in [-0.25, -0.2) is 4.98 Å². The number of hydrogen-bond acceptors (Lipinski definition) is 4. The molecule has 1 aromatic rings. The van der Waals surface area contributed by atoms with Crippen LogP contribution in [0.2, 0.25) is 0 Å². The van der Waals surface area contributed by atoms with Gasteiger partial charge in [0.1, 0.15) is 0 Å². The van der Waals surface area contributed by atoms with Crippen LogP contribution in [0.3, 0.4) is 0 Å². The van der Waals surface area contributed by atoms with Gasteiger partial charge in [0.15, 0.2) is 0 Å². The molecule has 1 amide bonds. The Morgan fingerprint density at radius 3 is 2.94 bits per heavy atom. The summed E-state index contributed by atoms with van der Waals surface area (Å²) in [6.45, 7) is 3.45. The molecule has 0 saturated heterocycles. The number of likely N-dealkylation sites (N-methyl/N-ethyl adjacent to an activating group) is 1. The van der Waals surface area contributed by atoms with E-state index in [9.17, 15) is 4.79 Å². The van der Waals surface area contributed by atoms with E-state index in [-0.39, 0.29) is 5.91 Å². The average Bonchev–Trinajstić information content (AvgIpc) is 2.61. The molecule has 0 aromatic carbocycles. The number of carbonyl (C=O) groups is 1. The highest BCUT2D eigenvalue weighted by atomic mass is 32.1. The van der Waals surface area contributed by atoms with Crippen LogP contribution in [0.1, 0.15) is 9.88 Å². The average molecular weight is 239 g/mol. The van der Waals surface area contributed by atoms with E-state index in [0.717, 1.165) is 16.4 Å². The number of hydrogen-bond donors (Lipinski definition) is 1. The number of amides is 1. The van der Waals surface area contributed by atoms with Crippen LogP contribution in [0.4, 0.5) is 0 Å². The Morgan fingerprint density at radius 1 is 1.62 bits per heavy atom. The molecule has 5 heteroatoms. The summed E-state index contributed by atoms with van der Waals surface area (Å²) in [5.41, 5.74) is 0. The molecule has 0 aliphatic rings. The lowest BCUT2D eigenvalue weighted by Gasteiger charge is -2.08. The lowest BCUT2D eigenvalue weighted by molar-refractivity contribution is -0.116. The van der Waals surface area contributed by atoms with E-state index >= 15 is 0 Å². The fourth-order valence-electron chi connectivity index (χ4n) is 1.07. The minimum atomic E-state index is -0.0621. The van der Waals surface area contributed by atoms with Crippen LogP contribution >= 0.6 is 11.3 Å². The molecule has 0 radical (unpaired) electrons. The van der Waals surface area contributed by atoms with Gasteiger partial charge in [0.2, 0.25) is 5.91 Å². The molecule has 0 atom stereocenters. The normalized spacial score (nSPS) is 11.2. The van der Waals surface area contributed by atoms with Gasteiger partial charge in [-0.3, -0.25) is 4.79 Å². The second kappa shape index (κ2) is 6.40. The molecule has 0 unspecified atom stereocenters. The first-order valence-electron chi connectivity index (χ1n) is 5.11. The van der Waals surface area contributed by atoms with E-state index in [1.807, 2.05) is 25.9 Å². The number of thiazole rings is 1. The standard InChI is InChI=1S/C11H17N3OS/c1-9-13-8-10(16-9)4-5-11(15)12-6-7-14(2)3/h4-5,8H,6-7H2,1-3H3,(H,12,15)/b5-4+. The van der Waals surface area contributed by atoms with Crippen molar-refractivity contribution in [3.63, 3.8) is 0 Å². The van der Waals surface area contributed by atoms with E-state index in [0.29, 0.717) is 6.54 Å². The molecule has 1 rings (SSSR count). The fourth-order valence-corrected chi connectivity index (χ4v) is 1.76. The summed E-state index contributed by atoms with van der Waals surface area (Å²) in [4.78, 5) is 18.5. The lowest BCUT2D eigenvalue weighted by atomic mass is 10.4. The van der Waals surface area contributed by atoms with Crippen molar-refractivity contribution < 1.29 is 4.79 Å². The first kappa shape index (κ1) is 12.9. The Kier molecular flexibility index (Phi) is 5.14. The Morgan fingerprint density at radius 2 is 2.38 bits per heavy atom. The zero-order valence-electron chi connectivity index (χ0n) is 9.86. The summed E-state index contributed by atoms with van der Waals surface area (Å²) in [5, 5.41) is 3.81. The lowest BCUT2D eigenvalue weighted by Crippen LogP contribution is -2.30. The van der Waals surface area contributed by atoms with Crippen molar-refractivity contribution in [3.8, 4) is 0 Å². The molecule has 0 bridgehead atoms. The molecular formula is C11H17N3OS. The third kappa shape index (κ3) is 5.04. The molecule has 1 heterocycles. The van der Waals surface area contributed by atoms with Gasteiger partial charge >= 0.3 is 0 Å². The van der Waals surface area contributed by atoms with Crippen LogP contribution in [0, 0.1) is 6.92 Å². The summed E-state index contributed by atoms with van der Waals surface area (Å²) >= 11 is 1.57. The molecule has 16 heavy (non-hydrogen) atoms. The number of nitrogens with zero attached hydrogens (tertiary/aromatic N) is 2. The van der Waals surface area contributed by atoms with E-state index in [1.165, 1.54) is 0 Å². The van der Waals surface area contributed by atoms with Crippen molar-refractivity contribution in [1.82, 2.24) is 15.2 Å². The molecular weight excluding hydrogens is 222 g/mol. The third-order valence-corrected chi connectivity index (χ3v) is 2.77. The van der Waals surface area contributed by atoms with E-state index < -0.39 is 0 Å². The number of rotatable bonds is 5. The third-order valence-electron chi connectivity index (χ3n) is 1.90. The summed E-state index contributed by atoms with van der Waals surface area (Å²) in [7, 11) is 3.95. The van der Waals surface area contributed by atoms with Crippen molar-refractivity contribution in [3.05, 3.63) is 22.2 Å². The second-order valence-electron chi connectivity index (χ2n) is 3.71. The molecule has 0 fully saturated rings. The van der Waals surface area contributed by atoms with Gasteiger partial charge in [-0.1, -0.05) is 0 Å². The molecule has 1 aromatic heterocycles. The van der Waals surface area contributed by atoms with Crippen molar-refractivity contribution in [2.24, 2.45) is 0 Å². The van der Waals surface area contributed by atoms with Crippen molar-refractivity contribution in [1.29, 1.82) is 0 Å². The summed E-state index contributed by atoms with van der Waals surface area (Å²) in [5.74, 6) is -0.0621. The van der Waals surface area contributed by atoms with Crippen molar-refractivity contribution in [2.75, 3.05) is 27.2 Å². The zero-order valence-corrected chi connectivity index (χ0v) is 10.7. The monoisotopic (exact) mass is 239 g/mol. The maximum absolute atomic E-state index is 11.4. The van der Waals surface area contributed by atoms with Gasteiger partial charge < -0.3 is 10.2 Å². The number of aromatic nitrogens is 1. The molecule has 88 valence electrons. The Labute approximate surface area is 100.0 Å². The summed E-state index contributed by atoms with van der Waals surface area (Å²) in [6.07, 6.45) is 5.10. The maximum Gasteiger partial charge on any atom is 0.244 e. The Bertz CT molecular complexity index is 371. The predicted molar refractivity (Wildman–Crippen MR) is 67.4 cm³/mol. The van der Waals surface area contributed by atoms with E-state index in [2.05, 4.69) is 10.3 Å². The Balaban J connectivity index is 2.31. The highest BCUT2D eigenvalue weighted by Gasteiger charge is 1.97. The number of carbonyl (C=O) groups excluding carboxylic acids is 1. The number of nitrogens with one attached hydrogen (secondary N) is 1. The van der Waals surface area contributed by atoms with Crippen LogP contribution in [-0.4, -0.2) is 43.0 Å². The summed E-state index contributed by atoms with van der Waals surface area (Å²) < 4.78 is 0. The van der Waals surface area contributed by atoms with Gasteiger partial charge in [-0.15, -0.1) is 11.3 Å². The van der Waals surface area contributed by atoms with Gasteiger partial charge in [0.25, 0.3) is 0 Å². The molecule has 1 N–H and O–H groups in total. The van der Waals surface area contributed by atoms with Crippen LogP contribution < -0.4 is 5.32 Å². The van der Waals surface area contributed by atoms with E-state index in [4.69, 9.17) is 0 Å². The van der Waals surface area contributed by atoms with Gasteiger partial charge in [-0.05, 0) is 27.1 Å². The van der Waals surface area contributed by atoms with Crippen LogP contribution in [-0.2, 0) is 4.79 Å². The summed E-state index contributed by atoms with van der Waals surface area (Å²) in [6, 6.07) is 0. The first-order chi connectivity index (χ1) is 7.58. The molecule has 0 spiro atoms. The SMILES string of the molecule is Cc1ncc(/C=C/C(=O)NCCN(C)C)s1. The second-order valence-corrected chi connectivity index (χ2v) is 4.98. The van der Waals surface area contributed by atoms with Gasteiger partial charge in [0.05, 0.1) is 5.01 Å². The minimum absolute atomic E-state index is 0.0621. The molecule has 4 nitrogen and oxygen atoms in total. The van der Waals surface area contributed by atoms with Crippen LogP contribution in [0.25, 0.3) is 6.08 Å². The topological polar surface area (TPSA) is 45.2 Å². The van der Waals surface area contributed by atoms with Gasteiger partial charge in [-0.2, -0.15) is 0 Å². The molecule has 0 aliphatic carbocycles. The molecule has 0 saturated carbocycles. The quantitative estimate of drug-likeness (QED) is 0.784. The largest absolute Gasteiger partial charge is 0.351 e. The smallest absolute Gasteiger partial charge is 0.244 e. The highest BCUT2D eigenvalue weighted by Crippen LogP contribution is 2.12. The maximum atomic E-state index is 11.4. The van der Waals surface area contributed by atoms with Crippen molar-refractivity contribution >= 4 is 23.3 Å². The number of aryl methyl sites for hydroxylation is 1.